The van der Waals surface area contributed by atoms with Gasteiger partial charge in [-0.2, -0.15) is 9.78 Å². The fourth-order valence-corrected chi connectivity index (χ4v) is 2.96. The number of para-hydroxylation sites is 2. The number of nitrogens with two attached hydrogens (primary N) is 1. The van der Waals surface area contributed by atoms with Crippen LogP contribution in [0.4, 0.5) is 5.82 Å². The number of pyridine rings is 1. The van der Waals surface area contributed by atoms with Gasteiger partial charge in [0.15, 0.2) is 5.65 Å². The van der Waals surface area contributed by atoms with Crippen LogP contribution in [0.25, 0.3) is 22.2 Å². The molecule has 1 amide bonds. The molecule has 0 spiro atoms. The Bertz CT molecular complexity index is 1210. The van der Waals surface area contributed by atoms with E-state index < -0.39 is 0 Å². The van der Waals surface area contributed by atoms with E-state index in [1.807, 2.05) is 56.3 Å². The van der Waals surface area contributed by atoms with E-state index in [1.54, 1.807) is 12.4 Å². The third kappa shape index (κ3) is 3.52. The van der Waals surface area contributed by atoms with Crippen LogP contribution in [0.3, 0.4) is 0 Å². The van der Waals surface area contributed by atoms with Gasteiger partial charge in [-0.15, -0.1) is 0 Å². The van der Waals surface area contributed by atoms with E-state index in [1.165, 1.54) is 4.68 Å². The molecule has 0 fully saturated rings. The fourth-order valence-electron chi connectivity index (χ4n) is 2.96. The molecule has 4 aromatic rings. The van der Waals surface area contributed by atoms with Crippen LogP contribution >= 0.6 is 0 Å². The summed E-state index contributed by atoms with van der Waals surface area (Å²) in [4.78, 5) is 26.5. The molecule has 0 aliphatic rings. The van der Waals surface area contributed by atoms with Crippen LogP contribution in [0.15, 0.2) is 53.8 Å². The number of carbonyl (C=O) groups is 1. The van der Waals surface area contributed by atoms with Crippen LogP contribution in [0.1, 0.15) is 36.3 Å². The van der Waals surface area contributed by atoms with Crippen molar-refractivity contribution in [3.8, 4) is 0 Å². The Labute approximate surface area is 167 Å². The van der Waals surface area contributed by atoms with Gasteiger partial charge in [-0.1, -0.05) is 25.1 Å². The van der Waals surface area contributed by atoms with Crippen LogP contribution in [0.5, 0.6) is 0 Å². The smallest absolute Gasteiger partial charge is 0.257 e. The highest BCUT2D eigenvalue weighted by molar-refractivity contribution is 6.10. The number of benzene rings is 1. The van der Waals surface area contributed by atoms with Gasteiger partial charge < -0.3 is 11.1 Å². The van der Waals surface area contributed by atoms with Gasteiger partial charge in [0.2, 0.25) is 0 Å². The lowest BCUT2D eigenvalue weighted by Crippen LogP contribution is -2.32. The number of nitrogen functional groups attached to an aromatic ring is 1. The molecule has 8 nitrogen and oxygen atoms in total. The van der Waals surface area contributed by atoms with Crippen molar-refractivity contribution >= 4 is 40.1 Å². The Morgan fingerprint density at radius 1 is 1.21 bits per heavy atom. The Morgan fingerprint density at radius 3 is 2.62 bits per heavy atom. The van der Waals surface area contributed by atoms with Gasteiger partial charge in [-0.3, -0.25) is 9.78 Å². The van der Waals surface area contributed by atoms with Crippen molar-refractivity contribution in [2.75, 3.05) is 5.73 Å². The van der Waals surface area contributed by atoms with Gasteiger partial charge in [0.25, 0.3) is 5.91 Å². The number of nitrogens with zero attached hydrogens (tertiary/aromatic N) is 5. The van der Waals surface area contributed by atoms with E-state index in [9.17, 15) is 4.79 Å². The topological polar surface area (TPSA) is 111 Å². The first kappa shape index (κ1) is 18.5. The minimum absolute atomic E-state index is 0.00531. The number of rotatable bonds is 5. The van der Waals surface area contributed by atoms with Crippen LogP contribution in [0.2, 0.25) is 0 Å². The van der Waals surface area contributed by atoms with Crippen LogP contribution in [-0.2, 0) is 0 Å². The van der Waals surface area contributed by atoms with Crippen molar-refractivity contribution < 1.29 is 4.79 Å². The number of nitrogens with one attached hydrogen (secondary N) is 1. The molecule has 1 atom stereocenters. The molecular weight excluding hydrogens is 366 g/mol. The van der Waals surface area contributed by atoms with Crippen LogP contribution in [0, 0.1) is 0 Å². The predicted molar refractivity (Wildman–Crippen MR) is 114 cm³/mol. The van der Waals surface area contributed by atoms with Gasteiger partial charge >= 0.3 is 0 Å². The van der Waals surface area contributed by atoms with Crippen molar-refractivity contribution in [3.05, 3.63) is 59.9 Å². The van der Waals surface area contributed by atoms with E-state index in [4.69, 9.17) is 5.73 Å². The van der Waals surface area contributed by atoms with Gasteiger partial charge in [0.1, 0.15) is 16.9 Å². The lowest BCUT2D eigenvalue weighted by molar-refractivity contribution is 0.0941. The average Bonchev–Trinajstić information content (AvgIpc) is 3.01. The molecule has 3 aromatic heterocycles. The van der Waals surface area contributed by atoms with Gasteiger partial charge in [0, 0.05) is 12.2 Å². The second-order valence-corrected chi connectivity index (χ2v) is 6.74. The third-order valence-corrected chi connectivity index (χ3v) is 4.68. The minimum Gasteiger partial charge on any atom is -0.383 e. The first-order chi connectivity index (χ1) is 14.1. The molecule has 0 aliphatic heterocycles. The zero-order valence-electron chi connectivity index (χ0n) is 16.2. The summed E-state index contributed by atoms with van der Waals surface area (Å²) in [6.07, 6.45) is 4.05. The number of hydrogen-bond acceptors (Lipinski definition) is 6. The Morgan fingerprint density at radius 2 is 1.93 bits per heavy atom. The van der Waals surface area contributed by atoms with Crippen molar-refractivity contribution in [1.29, 1.82) is 0 Å². The number of amides is 1. The van der Waals surface area contributed by atoms with Crippen molar-refractivity contribution in [2.24, 2.45) is 5.10 Å². The molecule has 0 saturated heterocycles. The highest BCUT2D eigenvalue weighted by atomic mass is 16.1. The highest BCUT2D eigenvalue weighted by Crippen LogP contribution is 2.27. The summed E-state index contributed by atoms with van der Waals surface area (Å²) in [6, 6.07) is 13.0. The quantitative estimate of drug-likeness (QED) is 0.512. The highest BCUT2D eigenvalue weighted by Gasteiger charge is 2.24. The van der Waals surface area contributed by atoms with E-state index in [2.05, 4.69) is 25.4 Å². The number of hydrogen-bond donors (Lipinski definition) is 2. The summed E-state index contributed by atoms with van der Waals surface area (Å²) in [7, 11) is 0. The number of carbonyl (C=O) groups excluding carboxylic acids is 1. The lowest BCUT2D eigenvalue weighted by atomic mass is 10.2. The Balaban J connectivity index is 1.92. The summed E-state index contributed by atoms with van der Waals surface area (Å²) < 4.78 is 1.44. The standard InChI is InChI=1S/C21H21N7O/c1-3-13(2)25-21(29)17-18-20(27-16-10-5-4-9-15(16)26-18)28(19(17)22)24-12-14-8-6-7-11-23-14/h4-13H,3,22H2,1-2H3,(H,25,29)/b24-12-/t13-/m0/s1. The Kier molecular flexibility index (Phi) is 4.90. The maximum atomic E-state index is 12.9. The van der Waals surface area contributed by atoms with Gasteiger partial charge in [-0.05, 0) is 37.6 Å². The summed E-state index contributed by atoms with van der Waals surface area (Å²) in [5.41, 5.74) is 9.50. The number of fused-ring (bicyclic) bond motifs is 2. The van der Waals surface area contributed by atoms with Crippen molar-refractivity contribution in [3.63, 3.8) is 0 Å². The predicted octanol–water partition coefficient (Wildman–Crippen LogP) is 2.97. The second-order valence-electron chi connectivity index (χ2n) is 6.74. The average molecular weight is 387 g/mol. The zero-order valence-corrected chi connectivity index (χ0v) is 16.2. The third-order valence-electron chi connectivity index (χ3n) is 4.68. The molecule has 0 bridgehead atoms. The summed E-state index contributed by atoms with van der Waals surface area (Å²) in [5.74, 6) is -0.110. The molecule has 3 heterocycles. The largest absolute Gasteiger partial charge is 0.383 e. The minimum atomic E-state index is -0.293. The second kappa shape index (κ2) is 7.67. The molecule has 3 N–H and O–H groups in total. The van der Waals surface area contributed by atoms with Crippen LogP contribution < -0.4 is 11.1 Å². The summed E-state index contributed by atoms with van der Waals surface area (Å²) >= 11 is 0. The number of anilines is 1. The molecule has 8 heteroatoms. The monoisotopic (exact) mass is 387 g/mol. The molecule has 0 saturated carbocycles. The molecular formula is C21H21N7O. The lowest BCUT2D eigenvalue weighted by Gasteiger charge is -2.11. The number of aromatic nitrogens is 4. The molecule has 0 unspecified atom stereocenters. The maximum absolute atomic E-state index is 12.9. The molecule has 146 valence electrons. The molecule has 4 rings (SSSR count). The van der Waals surface area contributed by atoms with Gasteiger partial charge in [-0.25, -0.2) is 9.97 Å². The van der Waals surface area contributed by atoms with Crippen LogP contribution in [-0.4, -0.2) is 37.8 Å². The molecule has 29 heavy (non-hydrogen) atoms. The van der Waals surface area contributed by atoms with Gasteiger partial charge in [0.05, 0.1) is 22.9 Å². The van der Waals surface area contributed by atoms with E-state index in [0.29, 0.717) is 27.9 Å². The zero-order chi connectivity index (χ0) is 20.4. The molecule has 0 radical (unpaired) electrons. The normalized spacial score (nSPS) is 12.6. The molecule has 1 aromatic carbocycles. The Hall–Kier alpha value is -3.81. The maximum Gasteiger partial charge on any atom is 0.257 e. The first-order valence-corrected chi connectivity index (χ1v) is 9.41. The summed E-state index contributed by atoms with van der Waals surface area (Å²) in [5, 5.41) is 7.38. The van der Waals surface area contributed by atoms with Crippen molar-refractivity contribution in [2.45, 2.75) is 26.3 Å². The van der Waals surface area contributed by atoms with Crippen molar-refractivity contribution in [1.82, 2.24) is 24.9 Å². The van der Waals surface area contributed by atoms with E-state index in [0.717, 1.165) is 6.42 Å². The van der Waals surface area contributed by atoms with E-state index >= 15 is 0 Å². The SMILES string of the molecule is CC[C@H](C)NC(=O)c1c(N)n(/N=C\c2ccccn2)c2nc3ccccc3nc12. The first-order valence-electron chi connectivity index (χ1n) is 9.41. The van der Waals surface area contributed by atoms with E-state index in [-0.39, 0.29) is 23.3 Å². The molecule has 0 aliphatic carbocycles. The summed E-state index contributed by atoms with van der Waals surface area (Å²) in [6.45, 7) is 3.94. The fraction of sp³-hybridized carbons (Fsp3) is 0.190.